The minimum Gasteiger partial charge on any atom is -0.481 e. The lowest BCUT2D eigenvalue weighted by atomic mass is 10.0. The summed E-state index contributed by atoms with van der Waals surface area (Å²) in [7, 11) is 1.59. The maximum absolute atomic E-state index is 11.9. The van der Waals surface area contributed by atoms with Gasteiger partial charge in [-0.15, -0.1) is 0 Å². The topological polar surface area (TPSA) is 51.7 Å². The first kappa shape index (κ1) is 17.4. The molecule has 1 aromatic heterocycles. The van der Waals surface area contributed by atoms with E-state index in [-0.39, 0.29) is 12.0 Å². The van der Waals surface area contributed by atoms with Gasteiger partial charge < -0.3 is 9.47 Å². The number of esters is 1. The number of hydrogen-bond donors (Lipinski definition) is 0. The van der Waals surface area contributed by atoms with E-state index >= 15 is 0 Å². The number of rotatable bonds is 9. The van der Waals surface area contributed by atoms with E-state index in [0.717, 1.165) is 25.1 Å². The number of nitrogens with zero attached hydrogens (tertiary/aromatic N) is 2. The zero-order chi connectivity index (χ0) is 15.7. The van der Waals surface area contributed by atoms with Gasteiger partial charge in [-0.25, -0.2) is 4.98 Å². The fourth-order valence-electron chi connectivity index (χ4n) is 2.37. The van der Waals surface area contributed by atoms with Crippen LogP contribution in [0, 0.1) is 0 Å². The molecule has 0 bridgehead atoms. The molecular weight excluding hydrogens is 268 g/mol. The van der Waals surface area contributed by atoms with Crippen LogP contribution in [0.2, 0.25) is 0 Å². The van der Waals surface area contributed by atoms with Crippen molar-refractivity contribution >= 4 is 5.97 Å². The Balaban J connectivity index is 2.94. The van der Waals surface area contributed by atoms with Crippen LogP contribution in [0.1, 0.15) is 45.2 Å². The minimum atomic E-state index is -0.173. The van der Waals surface area contributed by atoms with Gasteiger partial charge in [0, 0.05) is 18.3 Å². The van der Waals surface area contributed by atoms with Crippen LogP contribution >= 0.6 is 0 Å². The lowest BCUT2D eigenvalue weighted by Crippen LogP contribution is -2.31. The second-order valence-electron chi connectivity index (χ2n) is 4.79. The summed E-state index contributed by atoms with van der Waals surface area (Å²) >= 11 is 0. The van der Waals surface area contributed by atoms with Crippen molar-refractivity contribution in [2.75, 3.05) is 26.8 Å². The Morgan fingerprint density at radius 1 is 1.33 bits per heavy atom. The standard InChI is InChI=1S/C16H26N2O3/c1-5-10-18(6-2)14(11-16(19)21-7-3)13-8-9-15(20-4)17-12-13/h8-9,12,14H,5-7,10-11H2,1-4H3/t14-/m0/s1. The second-order valence-corrected chi connectivity index (χ2v) is 4.79. The number of ether oxygens (including phenoxy) is 2. The van der Waals surface area contributed by atoms with Crippen molar-refractivity contribution < 1.29 is 14.3 Å². The molecule has 0 amide bonds. The number of hydrogen-bond acceptors (Lipinski definition) is 5. The molecule has 118 valence electrons. The zero-order valence-electron chi connectivity index (χ0n) is 13.5. The molecule has 1 aromatic rings. The number of aromatic nitrogens is 1. The van der Waals surface area contributed by atoms with Gasteiger partial charge in [0.15, 0.2) is 0 Å². The molecule has 1 atom stereocenters. The Bertz CT molecular complexity index is 420. The molecule has 5 heteroatoms. The second kappa shape index (κ2) is 9.34. The summed E-state index contributed by atoms with van der Waals surface area (Å²) in [5.41, 5.74) is 1.01. The Morgan fingerprint density at radius 3 is 2.57 bits per heavy atom. The quantitative estimate of drug-likeness (QED) is 0.656. The lowest BCUT2D eigenvalue weighted by Gasteiger charge is -2.30. The summed E-state index contributed by atoms with van der Waals surface area (Å²) in [6.07, 6.45) is 3.16. The van der Waals surface area contributed by atoms with Crippen LogP contribution in [0.15, 0.2) is 18.3 Å². The molecule has 0 radical (unpaired) electrons. The number of methoxy groups -OCH3 is 1. The van der Waals surface area contributed by atoms with E-state index in [1.807, 2.05) is 19.1 Å². The Labute approximate surface area is 127 Å². The smallest absolute Gasteiger partial charge is 0.307 e. The molecule has 0 aliphatic carbocycles. The summed E-state index contributed by atoms with van der Waals surface area (Å²) in [5.74, 6) is 0.403. The molecule has 0 aliphatic heterocycles. The highest BCUT2D eigenvalue weighted by Crippen LogP contribution is 2.25. The SMILES string of the molecule is CCCN(CC)[C@@H](CC(=O)OCC)c1ccc(OC)nc1. The fraction of sp³-hybridized carbons (Fsp3) is 0.625. The van der Waals surface area contributed by atoms with Crippen molar-refractivity contribution in [1.29, 1.82) is 0 Å². The van der Waals surface area contributed by atoms with Crippen molar-refractivity contribution in [2.24, 2.45) is 0 Å². The number of pyridine rings is 1. The lowest BCUT2D eigenvalue weighted by molar-refractivity contribution is -0.144. The highest BCUT2D eigenvalue weighted by Gasteiger charge is 2.23. The van der Waals surface area contributed by atoms with E-state index < -0.39 is 0 Å². The highest BCUT2D eigenvalue weighted by molar-refractivity contribution is 5.70. The molecule has 5 nitrogen and oxygen atoms in total. The first-order chi connectivity index (χ1) is 10.2. The van der Waals surface area contributed by atoms with E-state index in [2.05, 4.69) is 23.7 Å². The van der Waals surface area contributed by atoms with Crippen LogP contribution in [-0.4, -0.2) is 42.7 Å². The Hall–Kier alpha value is -1.62. The average molecular weight is 294 g/mol. The van der Waals surface area contributed by atoms with Gasteiger partial charge in [0.25, 0.3) is 0 Å². The molecule has 0 spiro atoms. The molecule has 0 saturated carbocycles. The van der Waals surface area contributed by atoms with Crippen LogP contribution in [-0.2, 0) is 9.53 Å². The van der Waals surface area contributed by atoms with Gasteiger partial charge in [0.1, 0.15) is 0 Å². The van der Waals surface area contributed by atoms with Crippen molar-refractivity contribution in [1.82, 2.24) is 9.88 Å². The van der Waals surface area contributed by atoms with Gasteiger partial charge >= 0.3 is 5.97 Å². The van der Waals surface area contributed by atoms with Gasteiger partial charge in [-0.3, -0.25) is 9.69 Å². The average Bonchev–Trinajstić information content (AvgIpc) is 2.51. The highest BCUT2D eigenvalue weighted by atomic mass is 16.5. The first-order valence-electron chi connectivity index (χ1n) is 7.55. The molecule has 0 aromatic carbocycles. The van der Waals surface area contributed by atoms with E-state index in [9.17, 15) is 4.79 Å². The molecule has 1 heterocycles. The molecule has 0 aliphatic rings. The van der Waals surface area contributed by atoms with Crippen molar-refractivity contribution in [3.63, 3.8) is 0 Å². The van der Waals surface area contributed by atoms with Gasteiger partial charge in [-0.1, -0.05) is 19.9 Å². The molecule has 21 heavy (non-hydrogen) atoms. The molecule has 0 saturated heterocycles. The van der Waals surface area contributed by atoms with Crippen LogP contribution in [0.25, 0.3) is 0 Å². The van der Waals surface area contributed by atoms with Crippen LogP contribution in [0.4, 0.5) is 0 Å². The first-order valence-corrected chi connectivity index (χ1v) is 7.55. The normalized spacial score (nSPS) is 12.2. The van der Waals surface area contributed by atoms with Crippen molar-refractivity contribution in [3.05, 3.63) is 23.9 Å². The van der Waals surface area contributed by atoms with Crippen LogP contribution in [0.3, 0.4) is 0 Å². The van der Waals surface area contributed by atoms with E-state index in [1.165, 1.54) is 0 Å². The third-order valence-electron chi connectivity index (χ3n) is 3.38. The third kappa shape index (κ3) is 5.34. The molecule has 1 rings (SSSR count). The van der Waals surface area contributed by atoms with Gasteiger partial charge in [0.2, 0.25) is 5.88 Å². The largest absolute Gasteiger partial charge is 0.481 e. The third-order valence-corrected chi connectivity index (χ3v) is 3.38. The minimum absolute atomic E-state index is 0.00703. The van der Waals surface area contributed by atoms with Gasteiger partial charge in [-0.05, 0) is 32.0 Å². The molecular formula is C16H26N2O3. The van der Waals surface area contributed by atoms with Crippen molar-refractivity contribution in [2.45, 2.75) is 39.7 Å². The Morgan fingerprint density at radius 2 is 2.10 bits per heavy atom. The summed E-state index contributed by atoms with van der Waals surface area (Å²) < 4.78 is 10.2. The summed E-state index contributed by atoms with van der Waals surface area (Å²) in [4.78, 5) is 18.4. The van der Waals surface area contributed by atoms with E-state index in [4.69, 9.17) is 9.47 Å². The number of carbonyl (C=O) groups excluding carboxylic acids is 1. The fourth-order valence-corrected chi connectivity index (χ4v) is 2.37. The summed E-state index contributed by atoms with van der Waals surface area (Å²) in [6.45, 7) is 8.29. The monoisotopic (exact) mass is 294 g/mol. The maximum Gasteiger partial charge on any atom is 0.307 e. The predicted octanol–water partition coefficient (Wildman–Crippen LogP) is 2.82. The summed E-state index contributed by atoms with van der Waals surface area (Å²) in [5, 5.41) is 0. The van der Waals surface area contributed by atoms with Crippen molar-refractivity contribution in [3.8, 4) is 5.88 Å². The summed E-state index contributed by atoms with van der Waals surface area (Å²) in [6, 6.07) is 3.79. The van der Waals surface area contributed by atoms with Gasteiger partial charge in [0.05, 0.1) is 20.1 Å². The Kier molecular flexibility index (Phi) is 7.75. The molecule has 0 unspecified atom stereocenters. The van der Waals surface area contributed by atoms with E-state index in [1.54, 1.807) is 13.3 Å². The van der Waals surface area contributed by atoms with Crippen LogP contribution < -0.4 is 4.74 Å². The number of carbonyl (C=O) groups is 1. The van der Waals surface area contributed by atoms with Crippen LogP contribution in [0.5, 0.6) is 5.88 Å². The van der Waals surface area contributed by atoms with E-state index in [0.29, 0.717) is 18.9 Å². The maximum atomic E-state index is 11.9. The molecule has 0 fully saturated rings. The van der Waals surface area contributed by atoms with Gasteiger partial charge in [-0.2, -0.15) is 0 Å². The molecule has 0 N–H and O–H groups in total. The predicted molar refractivity (Wildman–Crippen MR) is 82.3 cm³/mol. The zero-order valence-corrected chi connectivity index (χ0v) is 13.5.